The van der Waals surface area contributed by atoms with Gasteiger partial charge in [0.15, 0.2) is 0 Å². The molecule has 0 saturated carbocycles. The van der Waals surface area contributed by atoms with Gasteiger partial charge in [-0.25, -0.2) is 4.79 Å². The van der Waals surface area contributed by atoms with Crippen LogP contribution >= 0.6 is 45.3 Å². The molecule has 2 aliphatic carbocycles. The van der Waals surface area contributed by atoms with Crippen LogP contribution in [0.25, 0.3) is 69.7 Å². The van der Waals surface area contributed by atoms with Crippen LogP contribution < -0.4 is 4.90 Å². The first-order valence-electron chi connectivity index (χ1n) is 32.4. The molecule has 2 aliphatic rings. The topological polar surface area (TPSA) is 64.3 Å². The summed E-state index contributed by atoms with van der Waals surface area (Å²) < 4.78 is 5.53. The van der Waals surface area contributed by atoms with Crippen LogP contribution in [0.1, 0.15) is 217 Å². The average Bonchev–Trinajstić information content (AvgIpc) is 1.68. The lowest BCUT2D eigenvalue weighted by atomic mass is 9.82. The maximum Gasteiger partial charge on any atom is 0.346 e. The minimum atomic E-state index is -1.16. The van der Waals surface area contributed by atoms with Crippen molar-refractivity contribution >= 4 is 105 Å². The van der Waals surface area contributed by atoms with Gasteiger partial charge in [0.05, 0.1) is 0 Å². The van der Waals surface area contributed by atoms with Gasteiger partial charge in [-0.05, 0) is 178 Å². The fraction of sp³-hybridized carbons (Fsp3) is 0.385. The third-order valence-electron chi connectivity index (χ3n) is 18.7. The fourth-order valence-electron chi connectivity index (χ4n) is 13.9. The fourth-order valence-corrected chi connectivity index (χ4v) is 19.7. The average molecular weight is 1210 g/mol. The Morgan fingerprint density at radius 3 is 1.29 bits per heavy atom. The Morgan fingerprint density at radius 2 is 0.849 bits per heavy atom. The number of carbonyl (C=O) groups is 1. The minimum absolute atomic E-state index is 0.128. The van der Waals surface area contributed by atoms with E-state index in [-0.39, 0.29) is 16.4 Å². The first kappa shape index (κ1) is 61.3. The van der Waals surface area contributed by atoms with Gasteiger partial charge in [0.2, 0.25) is 0 Å². The lowest BCUT2D eigenvalue weighted by Crippen LogP contribution is -2.18. The summed E-state index contributed by atoms with van der Waals surface area (Å²) in [6, 6.07) is 43.9. The monoisotopic (exact) mass is 1210 g/mol. The van der Waals surface area contributed by atoms with Gasteiger partial charge < -0.3 is 10.0 Å². The number of benzene rings is 5. The van der Waals surface area contributed by atoms with Crippen LogP contribution in [0.3, 0.4) is 0 Å². The molecule has 4 heterocycles. The summed E-state index contributed by atoms with van der Waals surface area (Å²) in [4.78, 5) is 19.8. The Hall–Kier alpha value is -6.34. The van der Waals surface area contributed by atoms with Crippen molar-refractivity contribution < 1.29 is 9.90 Å². The highest BCUT2D eigenvalue weighted by atomic mass is 32.1. The Morgan fingerprint density at radius 1 is 0.465 bits per heavy atom. The zero-order chi connectivity index (χ0) is 60.1. The van der Waals surface area contributed by atoms with Crippen molar-refractivity contribution in [3.8, 4) is 38.8 Å². The van der Waals surface area contributed by atoms with E-state index in [1.807, 2.05) is 40.1 Å². The van der Waals surface area contributed by atoms with E-state index in [2.05, 4.69) is 182 Å². The molecule has 8 heteroatoms. The summed E-state index contributed by atoms with van der Waals surface area (Å²) in [5.74, 6) is -1.16. The molecule has 11 rings (SSSR count). The van der Waals surface area contributed by atoms with Crippen molar-refractivity contribution in [3.05, 3.63) is 174 Å². The van der Waals surface area contributed by atoms with E-state index in [9.17, 15) is 15.2 Å². The Kier molecular flexibility index (Phi) is 19.2. The number of rotatable bonds is 28. The molecule has 0 radical (unpaired) electrons. The van der Waals surface area contributed by atoms with E-state index in [4.69, 9.17) is 0 Å². The molecule has 0 fully saturated rings. The maximum absolute atomic E-state index is 12.2. The Bertz CT molecular complexity index is 3910. The smallest absolute Gasteiger partial charge is 0.346 e. The molecular formula is C78H86N2O2S4. The molecule has 0 bridgehead atoms. The number of thiophene rings is 4. The normalized spacial score (nSPS) is 13.9. The number of nitriles is 1. The number of carboxylic acid groups (broad SMARTS) is 1. The Balaban J connectivity index is 1.00. The standard InChI is InChI=1S/C78H86N2O2S4/c1-9-13-17-21-31-60-68(83-73-62(33-23-19-15-11-3)70(85-72(60)73)47-52(50-79)76(81)82)45-46-69-61(32-22-18-14-10-2)74-75(84-69)63(34-24-20-16-12-4)71(86-74)51-37-39-53(40-38-51)80(54-41-43-58-56-29-25-27-35-64(56)77(5,6)66(58)48-54)55-42-44-59-57-30-26-28-36-65(57)78(7,8)67(59)49-55/h25-30,35-49H,9-24,31-34H2,1-8H3,(H,81,82)/b46-45+,52-47-. The summed E-state index contributed by atoms with van der Waals surface area (Å²) in [7, 11) is 0. The highest BCUT2D eigenvalue weighted by Crippen LogP contribution is 2.54. The minimum Gasteiger partial charge on any atom is -0.477 e. The van der Waals surface area contributed by atoms with Crippen LogP contribution in [0.4, 0.5) is 17.1 Å². The summed E-state index contributed by atoms with van der Waals surface area (Å²) in [6.45, 7) is 18.7. The molecular weight excluding hydrogens is 1130 g/mol. The molecule has 0 spiro atoms. The van der Waals surface area contributed by atoms with Crippen LogP contribution in [0.2, 0.25) is 0 Å². The van der Waals surface area contributed by atoms with E-state index < -0.39 is 5.97 Å². The highest BCUT2D eigenvalue weighted by Gasteiger charge is 2.38. The highest BCUT2D eigenvalue weighted by molar-refractivity contribution is 7.31. The second-order valence-electron chi connectivity index (χ2n) is 25.3. The van der Waals surface area contributed by atoms with Gasteiger partial charge in [-0.3, -0.25) is 0 Å². The van der Waals surface area contributed by atoms with Gasteiger partial charge in [0.1, 0.15) is 11.6 Å². The molecule has 0 aliphatic heterocycles. The van der Waals surface area contributed by atoms with Crippen molar-refractivity contribution in [1.82, 2.24) is 0 Å². The largest absolute Gasteiger partial charge is 0.477 e. The number of hydrogen-bond acceptors (Lipinski definition) is 7. The lowest BCUT2D eigenvalue weighted by molar-refractivity contribution is -0.132. The zero-order valence-electron chi connectivity index (χ0n) is 52.1. The Labute approximate surface area is 529 Å². The quantitative estimate of drug-likeness (QED) is 0.0302. The lowest BCUT2D eigenvalue weighted by Gasteiger charge is -2.30. The number of unbranched alkanes of at least 4 members (excludes halogenated alkanes) is 12. The van der Waals surface area contributed by atoms with Crippen LogP contribution in [0.5, 0.6) is 0 Å². The molecule has 86 heavy (non-hydrogen) atoms. The molecule has 0 atom stereocenters. The first-order valence-corrected chi connectivity index (χ1v) is 35.7. The number of aliphatic carboxylic acids is 1. The predicted octanol–water partition coefficient (Wildman–Crippen LogP) is 24.6. The van der Waals surface area contributed by atoms with Gasteiger partial charge in [0, 0.05) is 66.2 Å². The van der Waals surface area contributed by atoms with Crippen LogP contribution in [-0.2, 0) is 41.3 Å². The third kappa shape index (κ3) is 12.0. The zero-order valence-corrected chi connectivity index (χ0v) is 55.4. The third-order valence-corrected chi connectivity index (χ3v) is 24.0. The second kappa shape index (κ2) is 27.0. The molecule has 0 amide bonds. The van der Waals surface area contributed by atoms with E-state index >= 15 is 0 Å². The predicted molar refractivity (Wildman–Crippen MR) is 376 cm³/mol. The molecule has 0 unspecified atom stereocenters. The van der Waals surface area contributed by atoms with Gasteiger partial charge in [0.25, 0.3) is 0 Å². The number of hydrogen-bond donors (Lipinski definition) is 1. The molecule has 1 N–H and O–H groups in total. The molecule has 0 saturated heterocycles. The van der Waals surface area contributed by atoms with Crippen LogP contribution in [0, 0.1) is 11.3 Å². The number of carboxylic acids is 1. The van der Waals surface area contributed by atoms with E-state index in [1.165, 1.54) is 194 Å². The van der Waals surface area contributed by atoms with E-state index in [0.29, 0.717) is 0 Å². The SMILES string of the molecule is CCCCCCc1c(/C=C(/C#N)C(=O)O)sc2c(CCCCCC)c(/C=C/c3sc4c(CCCCCC)c(-c5ccc(N(c6ccc7c(c6)C(C)(C)c6ccccc6-7)c6ccc7c(c6)C(C)(C)c6ccccc6-7)cc5)sc4c3CCCCCC)sc12. The maximum atomic E-state index is 12.2. The summed E-state index contributed by atoms with van der Waals surface area (Å²) in [5, 5.41) is 19.8. The number of fused-ring (bicyclic) bond motifs is 8. The number of anilines is 3. The van der Waals surface area contributed by atoms with Gasteiger partial charge in [-0.2, -0.15) is 5.26 Å². The first-order chi connectivity index (χ1) is 41.8. The summed E-state index contributed by atoms with van der Waals surface area (Å²) >= 11 is 7.67. The van der Waals surface area contributed by atoms with Crippen molar-refractivity contribution in [2.75, 3.05) is 4.90 Å². The number of aryl methyl sites for hydroxylation is 4. The van der Waals surface area contributed by atoms with Crippen molar-refractivity contribution in [2.45, 2.75) is 195 Å². The summed E-state index contributed by atoms with van der Waals surface area (Å²) in [5.41, 5.74) is 20.9. The van der Waals surface area contributed by atoms with E-state index in [0.717, 1.165) is 61.9 Å². The second-order valence-corrected chi connectivity index (χ2v) is 29.5. The molecule has 444 valence electrons. The molecule has 4 nitrogen and oxygen atoms in total. The number of nitrogens with zero attached hydrogens (tertiary/aromatic N) is 2. The van der Waals surface area contributed by atoms with Crippen molar-refractivity contribution in [3.63, 3.8) is 0 Å². The summed E-state index contributed by atoms with van der Waals surface area (Å²) in [6.07, 6.45) is 29.6. The van der Waals surface area contributed by atoms with Crippen LogP contribution in [-0.4, -0.2) is 11.1 Å². The van der Waals surface area contributed by atoms with Gasteiger partial charge in [-0.15, -0.1) is 45.3 Å². The molecule has 9 aromatic rings. The van der Waals surface area contributed by atoms with Gasteiger partial charge in [-0.1, -0.05) is 205 Å². The van der Waals surface area contributed by atoms with E-state index in [1.54, 1.807) is 17.4 Å². The van der Waals surface area contributed by atoms with Crippen LogP contribution in [0.15, 0.2) is 115 Å². The van der Waals surface area contributed by atoms with Gasteiger partial charge >= 0.3 is 5.97 Å². The van der Waals surface area contributed by atoms with Crippen molar-refractivity contribution in [2.24, 2.45) is 0 Å². The molecule has 4 aromatic heterocycles. The molecule has 5 aromatic carbocycles. The van der Waals surface area contributed by atoms with Crippen molar-refractivity contribution in [1.29, 1.82) is 5.26 Å².